The van der Waals surface area contributed by atoms with E-state index < -0.39 is 0 Å². The molecule has 0 atom stereocenters. The molecule has 16 aromatic rings. The van der Waals surface area contributed by atoms with Crippen molar-refractivity contribution in [2.75, 3.05) is 16.8 Å². The zero-order valence-corrected chi connectivity index (χ0v) is 54.2. The molecular weight excluding hydrogens is 1290 g/mol. The third-order valence-corrected chi connectivity index (χ3v) is 18.7. The van der Waals surface area contributed by atoms with Crippen LogP contribution in [0.15, 0.2) is 237 Å². The Balaban J connectivity index is 0.00000661. The molecule has 6 heterocycles. The van der Waals surface area contributed by atoms with Gasteiger partial charge < -0.3 is 32.8 Å². The first-order chi connectivity index (χ1) is 43.7. The van der Waals surface area contributed by atoms with Gasteiger partial charge in [0.25, 0.3) is 0 Å². The van der Waals surface area contributed by atoms with Gasteiger partial charge in [-0.25, -0.2) is 4.98 Å². The van der Waals surface area contributed by atoms with Crippen molar-refractivity contribution >= 4 is 104 Å². The molecule has 8 nitrogen and oxygen atoms in total. The van der Waals surface area contributed by atoms with Gasteiger partial charge >= 0.3 is 0 Å². The van der Waals surface area contributed by atoms with Gasteiger partial charge in [-0.05, 0) is 132 Å². The first kappa shape index (κ1) is 56.1. The zero-order chi connectivity index (χ0) is 60.9. The fraction of sp³-hybridized carbons (Fsp3) is 0.122. The minimum absolute atomic E-state index is 0. The van der Waals surface area contributed by atoms with Gasteiger partial charge in [0.05, 0.1) is 44.5 Å². The van der Waals surface area contributed by atoms with Crippen LogP contribution in [0.25, 0.3) is 121 Å². The van der Waals surface area contributed by atoms with Crippen LogP contribution < -0.4 is 14.5 Å². The van der Waals surface area contributed by atoms with Crippen molar-refractivity contribution in [3.05, 3.63) is 272 Å². The van der Waals surface area contributed by atoms with Crippen LogP contribution in [0.1, 0.15) is 58.2 Å². The van der Waals surface area contributed by atoms with Crippen LogP contribution in [-0.2, 0) is 31.9 Å². The van der Waals surface area contributed by atoms with Crippen LogP contribution in [0.4, 0.5) is 17.1 Å². The van der Waals surface area contributed by atoms with Gasteiger partial charge in [0.2, 0.25) is 0 Å². The fourth-order valence-corrected chi connectivity index (χ4v) is 14.3. The van der Waals surface area contributed by atoms with E-state index in [1.165, 1.54) is 43.4 Å². The average molecular weight is 1360 g/mol. The van der Waals surface area contributed by atoms with Gasteiger partial charge in [0.1, 0.15) is 5.82 Å². The van der Waals surface area contributed by atoms with Crippen LogP contribution in [0.5, 0.6) is 11.5 Å². The standard InChI is InChI=1S/C82H64N7O.Pt/c1-51-42-79(83-49-66(51)80-76(87-67-27-14-9-22-58(67)59-23-10-15-28-68(59)87)34-21-35-77(80)88-69-29-16-11-24-60(69)61-25-12-17-30-70(61)88)89-71-31-18-13-26-62(71)63-39-38-56(48-78(63)89)90-57-46-54(85-50-84(8)74-32-19-20-33-75(74)85)45-55(47-57)86-72-40-36-52(81(2,3)4)43-64(72)65-44-53(82(5,6)7)37-41-73(65)86;/h9-45,47,49-50H,1-8H3;/q-3;. The normalized spacial score (nSPS) is 12.9. The maximum atomic E-state index is 7.18. The number of para-hydroxylation sites is 7. The molecule has 446 valence electrons. The zero-order valence-electron chi connectivity index (χ0n) is 51.9. The molecule has 0 saturated heterocycles. The van der Waals surface area contributed by atoms with Crippen molar-refractivity contribution in [1.29, 1.82) is 0 Å². The van der Waals surface area contributed by atoms with Crippen molar-refractivity contribution in [3.63, 3.8) is 0 Å². The van der Waals surface area contributed by atoms with Crippen molar-refractivity contribution in [1.82, 2.24) is 23.3 Å². The molecule has 0 spiro atoms. The van der Waals surface area contributed by atoms with Gasteiger partial charge in [-0.3, -0.25) is 0 Å². The number of hydrogen-bond acceptors (Lipinski definition) is 4. The Bertz CT molecular complexity index is 5340. The van der Waals surface area contributed by atoms with E-state index in [0.717, 1.165) is 112 Å². The smallest absolute Gasteiger partial charge is 0.135 e. The van der Waals surface area contributed by atoms with E-state index in [4.69, 9.17) is 9.72 Å². The summed E-state index contributed by atoms with van der Waals surface area (Å²) in [6.45, 7) is 18.1. The van der Waals surface area contributed by atoms with Crippen LogP contribution >= 0.6 is 0 Å². The minimum Gasteiger partial charge on any atom is -0.509 e. The molecule has 0 aliphatic carbocycles. The second-order valence-corrected chi connectivity index (χ2v) is 26.3. The van der Waals surface area contributed by atoms with Crippen LogP contribution in [0, 0.1) is 25.7 Å². The first-order valence-electron chi connectivity index (χ1n) is 31.1. The number of hydrogen-bond donors (Lipinski definition) is 0. The topological polar surface area (TPSA) is 48.3 Å². The van der Waals surface area contributed by atoms with Gasteiger partial charge in [-0.2, -0.15) is 12.7 Å². The molecule has 1 aliphatic heterocycles. The predicted octanol–water partition coefficient (Wildman–Crippen LogP) is 21.1. The van der Waals surface area contributed by atoms with Crippen LogP contribution in [0.2, 0.25) is 0 Å². The number of fused-ring (bicyclic) bond motifs is 13. The second-order valence-electron chi connectivity index (χ2n) is 26.3. The summed E-state index contributed by atoms with van der Waals surface area (Å²) < 4.78 is 16.7. The second kappa shape index (κ2) is 21.0. The van der Waals surface area contributed by atoms with E-state index in [1.54, 1.807) is 0 Å². The molecule has 17 rings (SSSR count). The number of benzene rings is 11. The number of anilines is 3. The minimum atomic E-state index is -0.0342. The van der Waals surface area contributed by atoms with E-state index in [-0.39, 0.29) is 31.9 Å². The largest absolute Gasteiger partial charge is 0.509 e. The van der Waals surface area contributed by atoms with E-state index in [1.807, 2.05) is 6.07 Å². The molecule has 0 unspecified atom stereocenters. The summed E-state index contributed by atoms with van der Waals surface area (Å²) in [4.78, 5) is 9.91. The van der Waals surface area contributed by atoms with E-state index in [0.29, 0.717) is 11.5 Å². The summed E-state index contributed by atoms with van der Waals surface area (Å²) in [5.74, 6) is 1.90. The Labute approximate surface area is 543 Å². The number of aromatic nitrogens is 5. The SMILES string of the molecule is Cc1cc(-n2c3[c-]c(Oc4[c-]c(N5[CH-]N(C)c6ccccc65)cc(-n5c6ccc(C(C)(C)C)cc6c6cc(C(C)(C)C)ccc65)c4)ccc3c3ccccc32)ncc1-c1c(-n2c3ccccc3c3ccccc32)cccc1-n1c2ccccc2c2ccccc21.[Pt]. The van der Waals surface area contributed by atoms with E-state index >= 15 is 0 Å². The molecule has 5 aromatic heterocycles. The molecule has 0 bridgehead atoms. The Morgan fingerprint density at radius 1 is 0.407 bits per heavy atom. The summed E-state index contributed by atoms with van der Waals surface area (Å²) in [6.07, 6.45) is 2.09. The van der Waals surface area contributed by atoms with Gasteiger partial charge in [0.15, 0.2) is 0 Å². The van der Waals surface area contributed by atoms with Crippen molar-refractivity contribution < 1.29 is 25.8 Å². The molecule has 0 saturated carbocycles. The maximum Gasteiger partial charge on any atom is 0.135 e. The summed E-state index contributed by atoms with van der Waals surface area (Å²) in [5, 5.41) is 9.42. The summed E-state index contributed by atoms with van der Waals surface area (Å²) in [7, 11) is 2.09. The summed E-state index contributed by atoms with van der Waals surface area (Å²) in [5.41, 5.74) is 20.5. The van der Waals surface area contributed by atoms with Crippen molar-refractivity contribution in [2.45, 2.75) is 59.3 Å². The van der Waals surface area contributed by atoms with Crippen LogP contribution in [-0.4, -0.2) is 30.3 Å². The quantitative estimate of drug-likeness (QED) is 0.142. The number of pyridine rings is 1. The van der Waals surface area contributed by atoms with E-state index in [9.17, 15) is 0 Å². The van der Waals surface area contributed by atoms with Crippen LogP contribution in [0.3, 0.4) is 0 Å². The van der Waals surface area contributed by atoms with Crippen molar-refractivity contribution in [2.24, 2.45) is 0 Å². The summed E-state index contributed by atoms with van der Waals surface area (Å²) in [6, 6.07) is 91.2. The fourth-order valence-electron chi connectivity index (χ4n) is 14.3. The van der Waals surface area contributed by atoms with Gasteiger partial charge in [-0.15, -0.1) is 35.7 Å². The molecule has 91 heavy (non-hydrogen) atoms. The molecule has 0 amide bonds. The Morgan fingerprint density at radius 3 is 1.38 bits per heavy atom. The molecule has 11 aromatic carbocycles. The third-order valence-electron chi connectivity index (χ3n) is 18.7. The molecule has 0 radical (unpaired) electrons. The molecule has 0 N–H and O–H groups in total. The van der Waals surface area contributed by atoms with Crippen molar-refractivity contribution in [3.8, 4) is 45.5 Å². The Morgan fingerprint density at radius 2 is 0.868 bits per heavy atom. The van der Waals surface area contributed by atoms with Gasteiger partial charge in [-0.1, -0.05) is 180 Å². The predicted molar refractivity (Wildman–Crippen MR) is 375 cm³/mol. The first-order valence-corrected chi connectivity index (χ1v) is 31.1. The average Bonchev–Trinajstić information content (AvgIpc) is 1.63. The Kier molecular flexibility index (Phi) is 12.9. The molecule has 9 heteroatoms. The number of aryl methyl sites for hydroxylation is 1. The summed E-state index contributed by atoms with van der Waals surface area (Å²) >= 11 is 0. The van der Waals surface area contributed by atoms with Gasteiger partial charge in [0, 0.05) is 99.1 Å². The number of nitrogens with zero attached hydrogens (tertiary/aromatic N) is 7. The maximum absolute atomic E-state index is 7.18. The molecular formula is C82H64N7OPt-3. The molecule has 1 aliphatic rings. The molecule has 0 fully saturated rings. The third kappa shape index (κ3) is 8.85. The Hall–Kier alpha value is -10.1. The monoisotopic (exact) mass is 1360 g/mol. The number of ether oxygens (including phenoxy) is 1. The van der Waals surface area contributed by atoms with E-state index in [2.05, 4.69) is 333 Å². The number of rotatable bonds is 8.